The molecule has 0 aliphatic carbocycles. The molecule has 0 radical (unpaired) electrons. The number of fused-ring (bicyclic) bond motifs is 6. The quantitative estimate of drug-likeness (QED) is 0.369. The van der Waals surface area contributed by atoms with Crippen LogP contribution in [0.4, 0.5) is 22.7 Å². The van der Waals surface area contributed by atoms with E-state index < -0.39 is 0 Å². The Labute approximate surface area is 264 Å². The zero-order valence-corrected chi connectivity index (χ0v) is 24.8. The predicted molar refractivity (Wildman–Crippen MR) is 168 cm³/mol. The molecular formula is C34H24ClN6Ru+. The second-order valence-electron chi connectivity index (χ2n) is 8.86. The average molecular weight is 653 g/mol. The first-order valence-corrected chi connectivity index (χ1v) is 12.9. The van der Waals surface area contributed by atoms with Gasteiger partial charge in [0.15, 0.2) is 0 Å². The molecule has 2 aromatic rings. The summed E-state index contributed by atoms with van der Waals surface area (Å²) in [6.45, 7) is 0. The molecule has 8 rings (SSSR count). The Morgan fingerprint density at radius 3 is 0.881 bits per heavy atom. The average Bonchev–Trinajstić information content (AvgIpc) is 3.06. The van der Waals surface area contributed by atoms with E-state index in [-0.39, 0.29) is 31.9 Å². The van der Waals surface area contributed by atoms with Crippen molar-refractivity contribution in [3.8, 4) is 0 Å². The van der Waals surface area contributed by atoms with Crippen LogP contribution in [0, 0.1) is 0 Å². The van der Waals surface area contributed by atoms with E-state index in [1.165, 1.54) is 0 Å². The van der Waals surface area contributed by atoms with Crippen LogP contribution >= 0.6 is 0 Å². The minimum absolute atomic E-state index is 0. The maximum Gasteiger partial charge on any atom is 8.00 e. The Morgan fingerprint density at radius 2 is 0.619 bits per heavy atom. The van der Waals surface area contributed by atoms with E-state index in [0.717, 1.165) is 55.0 Å². The Kier molecular flexibility index (Phi) is 10.7. The van der Waals surface area contributed by atoms with Crippen LogP contribution in [-0.2, 0) is 19.5 Å². The topological polar surface area (TPSA) is 84.6 Å². The molecule has 204 valence electrons. The molecule has 0 bridgehead atoms. The molecule has 8 heteroatoms. The third-order valence-corrected chi connectivity index (χ3v) is 6.28. The van der Waals surface area contributed by atoms with Gasteiger partial charge in [0.05, 0.1) is 0 Å². The minimum atomic E-state index is 0. The number of hydrogen-bond acceptors (Lipinski definition) is 0. The molecule has 0 atom stereocenters. The molecular weight excluding hydrogens is 629 g/mol. The fourth-order valence-corrected chi connectivity index (χ4v) is 4.39. The Hall–Kier alpha value is -4.71. The van der Waals surface area contributed by atoms with Gasteiger partial charge in [0.1, 0.15) is 0 Å². The van der Waals surface area contributed by atoms with Crippen molar-refractivity contribution >= 4 is 47.1 Å². The smallest absolute Gasteiger partial charge is 1.00 e. The summed E-state index contributed by atoms with van der Waals surface area (Å²) < 4.78 is 0. The van der Waals surface area contributed by atoms with Gasteiger partial charge in [-0.05, 0) is 20.9 Å². The monoisotopic (exact) mass is 653 g/mol. The number of rotatable bonds is 0. The van der Waals surface area contributed by atoms with Crippen LogP contribution in [0.1, 0.15) is 0 Å². The first-order valence-electron chi connectivity index (χ1n) is 12.9. The molecule has 0 fully saturated rings. The predicted octanol–water partition coefficient (Wildman–Crippen LogP) is 4.74. The van der Waals surface area contributed by atoms with Gasteiger partial charge in [0, 0.05) is 0 Å². The fourth-order valence-electron chi connectivity index (χ4n) is 4.39. The number of benzene rings is 2. The summed E-state index contributed by atoms with van der Waals surface area (Å²) in [5.41, 5.74) is 5.74. The molecule has 42 heavy (non-hydrogen) atoms. The number of halogens is 1. The molecule has 0 saturated carbocycles. The van der Waals surface area contributed by atoms with Crippen molar-refractivity contribution < 1.29 is 31.9 Å². The van der Waals surface area contributed by atoms with Gasteiger partial charge in [0.2, 0.25) is 0 Å². The van der Waals surface area contributed by atoms with Crippen LogP contribution in [0.2, 0.25) is 0 Å². The third kappa shape index (κ3) is 6.95. The van der Waals surface area contributed by atoms with Gasteiger partial charge < -0.3 is 44.3 Å². The summed E-state index contributed by atoms with van der Waals surface area (Å²) in [5, 5.41) is 30.3. The van der Waals surface area contributed by atoms with E-state index in [2.05, 4.69) is 80.5 Å². The zero-order chi connectivity index (χ0) is 27.0. The van der Waals surface area contributed by atoms with E-state index in [4.69, 9.17) is 0 Å². The fraction of sp³-hybridized carbons (Fsp3) is 0. The van der Waals surface area contributed by atoms with Crippen molar-refractivity contribution in [1.29, 1.82) is 0 Å². The van der Waals surface area contributed by atoms with Gasteiger partial charge in [-0.2, -0.15) is 48.6 Å². The van der Waals surface area contributed by atoms with E-state index in [0.29, 0.717) is 0 Å². The van der Waals surface area contributed by atoms with E-state index in [1.807, 2.05) is 60.8 Å². The molecule has 0 N–H and O–H groups in total. The van der Waals surface area contributed by atoms with Gasteiger partial charge in [-0.1, -0.05) is 109 Å². The molecule has 6 aliphatic heterocycles. The summed E-state index contributed by atoms with van der Waals surface area (Å²) in [7, 11) is 0. The molecule has 6 nitrogen and oxygen atoms in total. The summed E-state index contributed by atoms with van der Waals surface area (Å²) in [6, 6.07) is 8.30. The summed E-state index contributed by atoms with van der Waals surface area (Å²) in [4.78, 5) is 0. The summed E-state index contributed by atoms with van der Waals surface area (Å²) in [5.74, 6) is 0. The van der Waals surface area contributed by atoms with Gasteiger partial charge in [-0.25, -0.2) is 0 Å². The molecule has 6 aliphatic rings. The SMILES string of the molecule is C1=C[N-]/C(=C2/C=CC=C[N-]2)C=C1.C1=C[N-]c2c3c(ccc2=C1)=CC=C[N-]3.C1=C[N-]c2c3c(ccc2=C1)=CC=C[N-]3.[Cl-].[Ru+8]. The maximum atomic E-state index is 4.35. The Morgan fingerprint density at radius 1 is 0.333 bits per heavy atom. The second-order valence-corrected chi connectivity index (χ2v) is 8.86. The molecule has 0 amide bonds. The van der Waals surface area contributed by atoms with E-state index >= 15 is 0 Å². The second kappa shape index (κ2) is 14.8. The van der Waals surface area contributed by atoms with Gasteiger partial charge in [-0.15, -0.1) is 22.7 Å². The van der Waals surface area contributed by atoms with Crippen LogP contribution in [0.25, 0.3) is 56.2 Å². The number of hydrogen-bond donors (Lipinski definition) is 0. The largest absolute Gasteiger partial charge is 8.00 e. The molecule has 6 heterocycles. The van der Waals surface area contributed by atoms with Crippen molar-refractivity contribution in [3.63, 3.8) is 0 Å². The molecule has 0 unspecified atom stereocenters. The standard InChI is InChI=1S/2C12H8N2.C10H8N2.ClH.Ru/c2*1-3-9-5-6-10-4-2-8-14-12(10)11(9)13-7-1;1-3-7-11-9(5-1)10-6-2-4-8-12-10;;/h2*1-8H;1-8H;1H;/q3*-2;;+8/p-1/b;;10-9-;;. The van der Waals surface area contributed by atoms with Crippen LogP contribution in [-0.4, -0.2) is 0 Å². The first-order chi connectivity index (χ1) is 19.9. The van der Waals surface area contributed by atoms with Crippen molar-refractivity contribution in [1.82, 2.24) is 0 Å². The van der Waals surface area contributed by atoms with Gasteiger partial charge in [0.25, 0.3) is 0 Å². The van der Waals surface area contributed by atoms with E-state index in [1.54, 1.807) is 37.2 Å². The van der Waals surface area contributed by atoms with Crippen molar-refractivity contribution in [2.24, 2.45) is 0 Å². The van der Waals surface area contributed by atoms with Crippen molar-refractivity contribution in [2.45, 2.75) is 0 Å². The van der Waals surface area contributed by atoms with E-state index in [9.17, 15) is 0 Å². The van der Waals surface area contributed by atoms with Crippen molar-refractivity contribution in [2.75, 3.05) is 0 Å². The first kappa shape index (κ1) is 30.3. The Balaban J connectivity index is 0.000000142. The van der Waals surface area contributed by atoms with Crippen LogP contribution in [0.15, 0.2) is 134 Å². The van der Waals surface area contributed by atoms with Crippen LogP contribution in [0.3, 0.4) is 0 Å². The number of nitrogens with zero attached hydrogens (tertiary/aromatic N) is 6. The Bertz CT molecular complexity index is 1620. The minimum Gasteiger partial charge on any atom is -1.00 e. The molecule has 2 aromatic carbocycles. The molecule has 0 saturated heterocycles. The normalized spacial score (nSPS) is 17.5. The summed E-state index contributed by atoms with van der Waals surface area (Å²) >= 11 is 0. The van der Waals surface area contributed by atoms with Gasteiger partial charge >= 0.3 is 19.5 Å². The van der Waals surface area contributed by atoms with Crippen LogP contribution in [0.5, 0.6) is 0 Å². The summed E-state index contributed by atoms with van der Waals surface area (Å²) in [6.07, 6.45) is 38.3. The third-order valence-electron chi connectivity index (χ3n) is 6.28. The van der Waals surface area contributed by atoms with Gasteiger partial charge in [-0.3, -0.25) is 0 Å². The molecule has 0 aromatic heterocycles. The maximum absolute atomic E-state index is 4.35. The molecule has 0 spiro atoms. The number of allylic oxidation sites excluding steroid dienone is 10. The van der Waals surface area contributed by atoms with Crippen LogP contribution < -0.4 is 33.3 Å². The zero-order valence-electron chi connectivity index (χ0n) is 22.3. The van der Waals surface area contributed by atoms with Crippen molar-refractivity contribution in [3.05, 3.63) is 186 Å².